The number of benzene rings is 1. The van der Waals surface area contributed by atoms with Crippen LogP contribution in [0.25, 0.3) is 0 Å². The molecule has 0 saturated heterocycles. The summed E-state index contributed by atoms with van der Waals surface area (Å²) in [6.45, 7) is 5.46. The van der Waals surface area contributed by atoms with E-state index in [1.54, 1.807) is 0 Å². The lowest BCUT2D eigenvalue weighted by Crippen LogP contribution is -2.41. The molecule has 2 heteroatoms. The van der Waals surface area contributed by atoms with Gasteiger partial charge in [0.2, 0.25) is 0 Å². The maximum atomic E-state index is 5.85. The van der Waals surface area contributed by atoms with Gasteiger partial charge in [-0.15, -0.1) is 0 Å². The van der Waals surface area contributed by atoms with Gasteiger partial charge in [-0.25, -0.2) is 0 Å². The third-order valence-electron chi connectivity index (χ3n) is 5.16. The number of hydrogen-bond acceptors (Lipinski definition) is 2. The lowest BCUT2D eigenvalue weighted by molar-refractivity contribution is 0.167. The zero-order valence-corrected chi connectivity index (χ0v) is 12.8. The third-order valence-corrected chi connectivity index (χ3v) is 5.16. The van der Waals surface area contributed by atoms with Gasteiger partial charge in [-0.2, -0.15) is 0 Å². The topological polar surface area (TPSA) is 21.3 Å². The first-order valence-electron chi connectivity index (χ1n) is 8.25. The summed E-state index contributed by atoms with van der Waals surface area (Å²) in [5.74, 6) is 2.59. The smallest absolute Gasteiger partial charge is 0.124 e. The van der Waals surface area contributed by atoms with E-state index in [0.29, 0.717) is 18.0 Å². The second kappa shape index (κ2) is 6.17. The predicted molar refractivity (Wildman–Crippen MR) is 83.0 cm³/mol. The lowest BCUT2D eigenvalue weighted by atomic mass is 9.83. The number of para-hydroxylation sites is 1. The Bertz CT molecular complexity index is 437. The molecule has 2 nitrogen and oxygen atoms in total. The molecule has 110 valence electrons. The van der Waals surface area contributed by atoms with Crippen molar-refractivity contribution in [2.75, 3.05) is 6.61 Å². The van der Waals surface area contributed by atoms with Gasteiger partial charge in [-0.05, 0) is 37.7 Å². The van der Waals surface area contributed by atoms with E-state index < -0.39 is 0 Å². The number of nitrogens with one attached hydrogen (secondary N) is 1. The Morgan fingerprint density at radius 3 is 2.65 bits per heavy atom. The highest BCUT2D eigenvalue weighted by molar-refractivity contribution is 5.38. The highest BCUT2D eigenvalue weighted by Gasteiger charge is 2.30. The fraction of sp³-hybridized carbons (Fsp3) is 0.667. The number of fused-ring (bicyclic) bond motifs is 1. The normalized spacial score (nSPS) is 33.3. The summed E-state index contributed by atoms with van der Waals surface area (Å²) in [6, 6.07) is 9.67. The standard InChI is InChI=1S/C18H27NO/c1-3-14-8-10-15(11-9-14)19-18-13(2)12-20-17-7-5-4-6-16(17)18/h4-7,13-15,18-19H,3,8-12H2,1-2H3. The first-order valence-corrected chi connectivity index (χ1v) is 8.25. The Kier molecular flexibility index (Phi) is 4.30. The van der Waals surface area contributed by atoms with Gasteiger partial charge in [-0.1, -0.05) is 38.5 Å². The van der Waals surface area contributed by atoms with E-state index >= 15 is 0 Å². The van der Waals surface area contributed by atoms with Gasteiger partial charge in [0.25, 0.3) is 0 Å². The molecule has 2 unspecified atom stereocenters. The van der Waals surface area contributed by atoms with Crippen molar-refractivity contribution in [2.24, 2.45) is 11.8 Å². The van der Waals surface area contributed by atoms with Crippen LogP contribution in [0.2, 0.25) is 0 Å². The molecule has 0 bridgehead atoms. The molecule has 1 aliphatic carbocycles. The summed E-state index contributed by atoms with van der Waals surface area (Å²) in [5.41, 5.74) is 1.35. The average Bonchev–Trinajstić information content (AvgIpc) is 2.51. The van der Waals surface area contributed by atoms with Crippen molar-refractivity contribution in [1.82, 2.24) is 5.32 Å². The highest BCUT2D eigenvalue weighted by Crippen LogP contribution is 2.37. The van der Waals surface area contributed by atoms with Gasteiger partial charge in [-0.3, -0.25) is 0 Å². The van der Waals surface area contributed by atoms with Crippen LogP contribution in [0.3, 0.4) is 0 Å². The van der Waals surface area contributed by atoms with E-state index in [-0.39, 0.29) is 0 Å². The second-order valence-corrected chi connectivity index (χ2v) is 6.60. The van der Waals surface area contributed by atoms with Crippen molar-refractivity contribution in [3.8, 4) is 5.75 Å². The number of rotatable bonds is 3. The Morgan fingerprint density at radius 2 is 1.90 bits per heavy atom. The maximum absolute atomic E-state index is 5.85. The zero-order chi connectivity index (χ0) is 13.9. The predicted octanol–water partition coefficient (Wildman–Crippen LogP) is 4.31. The van der Waals surface area contributed by atoms with Crippen molar-refractivity contribution in [3.63, 3.8) is 0 Å². The third kappa shape index (κ3) is 2.85. The van der Waals surface area contributed by atoms with Crippen LogP contribution in [0.1, 0.15) is 57.6 Å². The molecule has 1 saturated carbocycles. The van der Waals surface area contributed by atoms with Gasteiger partial charge in [0.1, 0.15) is 5.75 Å². The average molecular weight is 273 g/mol. The summed E-state index contributed by atoms with van der Waals surface area (Å²) in [5, 5.41) is 3.93. The zero-order valence-electron chi connectivity index (χ0n) is 12.8. The fourth-order valence-corrected chi connectivity index (χ4v) is 3.74. The van der Waals surface area contributed by atoms with Gasteiger partial charge in [0, 0.05) is 23.6 Å². The van der Waals surface area contributed by atoms with Crippen molar-refractivity contribution >= 4 is 0 Å². The lowest BCUT2D eigenvalue weighted by Gasteiger charge is -2.37. The van der Waals surface area contributed by atoms with Crippen LogP contribution in [0.5, 0.6) is 5.75 Å². The molecule has 2 aliphatic rings. The molecule has 1 aliphatic heterocycles. The molecule has 0 aromatic heterocycles. The van der Waals surface area contributed by atoms with Crippen LogP contribution in [0.4, 0.5) is 0 Å². The van der Waals surface area contributed by atoms with E-state index in [2.05, 4.69) is 43.4 Å². The first kappa shape index (κ1) is 13.9. The minimum atomic E-state index is 0.461. The summed E-state index contributed by atoms with van der Waals surface area (Å²) in [7, 11) is 0. The van der Waals surface area contributed by atoms with E-state index in [4.69, 9.17) is 4.74 Å². The molecular weight excluding hydrogens is 246 g/mol. The van der Waals surface area contributed by atoms with Crippen molar-refractivity contribution in [2.45, 2.75) is 58.0 Å². The van der Waals surface area contributed by atoms with Crippen molar-refractivity contribution in [3.05, 3.63) is 29.8 Å². The fourth-order valence-electron chi connectivity index (χ4n) is 3.74. The molecule has 20 heavy (non-hydrogen) atoms. The number of hydrogen-bond donors (Lipinski definition) is 1. The van der Waals surface area contributed by atoms with Crippen LogP contribution in [0, 0.1) is 11.8 Å². The molecule has 1 aromatic carbocycles. The van der Waals surface area contributed by atoms with Crippen LogP contribution in [-0.2, 0) is 0 Å². The first-order chi connectivity index (χ1) is 9.78. The molecule has 0 spiro atoms. The number of ether oxygens (including phenoxy) is 1. The van der Waals surface area contributed by atoms with Gasteiger partial charge in [0.15, 0.2) is 0 Å². The van der Waals surface area contributed by atoms with Crippen LogP contribution >= 0.6 is 0 Å². The molecule has 1 heterocycles. The minimum absolute atomic E-state index is 0.461. The van der Waals surface area contributed by atoms with Crippen LogP contribution < -0.4 is 10.1 Å². The summed E-state index contributed by atoms with van der Waals surface area (Å²) in [4.78, 5) is 0. The van der Waals surface area contributed by atoms with E-state index in [1.165, 1.54) is 37.7 Å². The summed E-state index contributed by atoms with van der Waals surface area (Å²) < 4.78 is 5.85. The maximum Gasteiger partial charge on any atom is 0.124 e. The molecule has 1 aromatic rings. The van der Waals surface area contributed by atoms with E-state index in [0.717, 1.165) is 18.3 Å². The highest BCUT2D eigenvalue weighted by atomic mass is 16.5. The molecule has 1 N–H and O–H groups in total. The molecule has 1 fully saturated rings. The summed E-state index contributed by atoms with van der Waals surface area (Å²) in [6.07, 6.45) is 6.82. The van der Waals surface area contributed by atoms with Crippen LogP contribution in [0.15, 0.2) is 24.3 Å². The van der Waals surface area contributed by atoms with Gasteiger partial charge in [0.05, 0.1) is 6.61 Å². The Morgan fingerprint density at radius 1 is 1.15 bits per heavy atom. The molecule has 0 amide bonds. The molecule has 0 radical (unpaired) electrons. The quantitative estimate of drug-likeness (QED) is 0.886. The van der Waals surface area contributed by atoms with Crippen molar-refractivity contribution < 1.29 is 4.74 Å². The monoisotopic (exact) mass is 273 g/mol. The Labute approximate surface area is 122 Å². The molecular formula is C18H27NO. The van der Waals surface area contributed by atoms with Crippen molar-refractivity contribution in [1.29, 1.82) is 0 Å². The second-order valence-electron chi connectivity index (χ2n) is 6.60. The van der Waals surface area contributed by atoms with Crippen LogP contribution in [-0.4, -0.2) is 12.6 Å². The summed E-state index contributed by atoms with van der Waals surface area (Å²) >= 11 is 0. The van der Waals surface area contributed by atoms with Gasteiger partial charge < -0.3 is 10.1 Å². The Balaban J connectivity index is 1.68. The largest absolute Gasteiger partial charge is 0.493 e. The SMILES string of the molecule is CCC1CCC(NC2c3ccccc3OCC2C)CC1. The minimum Gasteiger partial charge on any atom is -0.493 e. The van der Waals surface area contributed by atoms with Gasteiger partial charge >= 0.3 is 0 Å². The van der Waals surface area contributed by atoms with E-state index in [9.17, 15) is 0 Å². The Hall–Kier alpha value is -1.02. The van der Waals surface area contributed by atoms with E-state index in [1.807, 2.05) is 0 Å². The molecule has 2 atom stereocenters. The molecule has 3 rings (SSSR count).